The van der Waals surface area contributed by atoms with E-state index in [1.54, 1.807) is 13.8 Å². The number of carbonyl (C=O) groups excluding carboxylic acids is 1. The number of hydrogen-bond acceptors (Lipinski definition) is 3. The molecule has 0 N–H and O–H groups in total. The summed E-state index contributed by atoms with van der Waals surface area (Å²) in [5.41, 5.74) is -2.57. The third-order valence-electron chi connectivity index (χ3n) is 4.53. The lowest BCUT2D eigenvalue weighted by Crippen LogP contribution is -2.14. The van der Waals surface area contributed by atoms with Crippen LogP contribution in [0.5, 0.6) is 0 Å². The molecule has 1 saturated carbocycles. The molecule has 0 unspecified atom stereocenters. The number of rotatable bonds is 4. The van der Waals surface area contributed by atoms with E-state index in [9.17, 15) is 26.7 Å². The first kappa shape index (κ1) is 18.9. The number of hydrogen-bond donors (Lipinski definition) is 0. The van der Waals surface area contributed by atoms with Crippen LogP contribution in [0.1, 0.15) is 25.0 Å². The van der Waals surface area contributed by atoms with Gasteiger partial charge in [-0.25, -0.2) is 17.6 Å². The zero-order valence-electron chi connectivity index (χ0n) is 13.6. The average molecular weight is 359 g/mol. The normalized spacial score (nSPS) is 21.6. The van der Waals surface area contributed by atoms with E-state index >= 15 is 0 Å². The van der Waals surface area contributed by atoms with Crippen LogP contribution < -0.4 is 0 Å². The molecule has 1 aromatic rings. The van der Waals surface area contributed by atoms with Crippen molar-refractivity contribution in [2.75, 3.05) is 0 Å². The van der Waals surface area contributed by atoms with Gasteiger partial charge < -0.3 is 4.74 Å². The molecule has 8 heteroatoms. The van der Waals surface area contributed by atoms with Crippen LogP contribution in [0.3, 0.4) is 0 Å². The molecule has 1 aliphatic rings. The van der Waals surface area contributed by atoms with E-state index in [2.05, 4.69) is 0 Å². The lowest BCUT2D eigenvalue weighted by Gasteiger charge is -2.10. The monoisotopic (exact) mass is 359 g/mol. The Hall–Kier alpha value is -2.43. The number of ether oxygens (including phenoxy) is 1. The molecule has 134 valence electrons. The molecule has 0 saturated heterocycles. The average Bonchev–Trinajstić information content (AvgIpc) is 3.10. The van der Waals surface area contributed by atoms with E-state index in [0.29, 0.717) is 0 Å². The maximum absolute atomic E-state index is 13.7. The Morgan fingerprint density at radius 2 is 1.72 bits per heavy atom. The van der Waals surface area contributed by atoms with Crippen LogP contribution in [0, 0.1) is 58.8 Å². The van der Waals surface area contributed by atoms with E-state index < -0.39 is 70.0 Å². The summed E-state index contributed by atoms with van der Waals surface area (Å²) in [7, 11) is 0. The van der Waals surface area contributed by atoms with Gasteiger partial charge in [-0.15, -0.1) is 0 Å². The molecular weight excluding hydrogens is 345 g/mol. The fourth-order valence-electron chi connectivity index (χ4n) is 2.78. The third-order valence-corrected chi connectivity index (χ3v) is 4.53. The number of nitriles is 1. The zero-order chi connectivity index (χ0) is 19.1. The highest BCUT2D eigenvalue weighted by molar-refractivity contribution is 5.78. The topological polar surface area (TPSA) is 50.1 Å². The predicted molar refractivity (Wildman–Crippen MR) is 76.4 cm³/mol. The Balaban J connectivity index is 2.16. The van der Waals surface area contributed by atoms with Gasteiger partial charge in [-0.1, -0.05) is 13.8 Å². The van der Waals surface area contributed by atoms with Gasteiger partial charge in [-0.3, -0.25) is 4.79 Å². The van der Waals surface area contributed by atoms with Crippen molar-refractivity contribution in [1.82, 2.24) is 0 Å². The van der Waals surface area contributed by atoms with Gasteiger partial charge in [0, 0.05) is 11.5 Å². The van der Waals surface area contributed by atoms with E-state index in [-0.39, 0.29) is 0 Å². The van der Waals surface area contributed by atoms with Crippen LogP contribution in [0.25, 0.3) is 0 Å². The molecule has 0 heterocycles. The van der Waals surface area contributed by atoms with Crippen LogP contribution in [-0.2, 0) is 16.1 Å². The van der Waals surface area contributed by atoms with E-state index in [0.717, 1.165) is 13.0 Å². The Kier molecular flexibility index (Phi) is 4.89. The van der Waals surface area contributed by atoms with E-state index in [4.69, 9.17) is 10.00 Å². The Labute approximate surface area is 140 Å². The van der Waals surface area contributed by atoms with Gasteiger partial charge in [0.25, 0.3) is 0 Å². The van der Waals surface area contributed by atoms with Crippen molar-refractivity contribution >= 4 is 5.97 Å². The summed E-state index contributed by atoms with van der Waals surface area (Å²) in [6, 6.07) is 1.28. The molecule has 2 rings (SSSR count). The number of benzene rings is 1. The number of carbonyl (C=O) groups is 1. The number of nitrogens with zero attached hydrogens (tertiary/aromatic N) is 1. The highest BCUT2D eigenvalue weighted by atomic mass is 19.2. The van der Waals surface area contributed by atoms with Crippen molar-refractivity contribution in [2.24, 2.45) is 17.3 Å². The van der Waals surface area contributed by atoms with E-state index in [1.165, 1.54) is 6.07 Å². The fourth-order valence-corrected chi connectivity index (χ4v) is 2.78. The van der Waals surface area contributed by atoms with Gasteiger partial charge >= 0.3 is 5.97 Å². The third kappa shape index (κ3) is 3.23. The first-order valence-corrected chi connectivity index (χ1v) is 7.29. The second-order valence-electron chi connectivity index (χ2n) is 6.42. The minimum absolute atomic E-state index is 0.624. The highest BCUT2D eigenvalue weighted by Crippen LogP contribution is 2.60. The summed E-state index contributed by atoms with van der Waals surface area (Å²) in [6.45, 7) is 3.11. The fraction of sp³-hybridized carbons (Fsp3) is 0.412. The van der Waals surface area contributed by atoms with Gasteiger partial charge in [0.2, 0.25) is 0 Å². The van der Waals surface area contributed by atoms with Crippen molar-refractivity contribution in [3.63, 3.8) is 0 Å². The Morgan fingerprint density at radius 1 is 1.20 bits per heavy atom. The number of halogens is 5. The molecule has 25 heavy (non-hydrogen) atoms. The van der Waals surface area contributed by atoms with Crippen LogP contribution in [0.4, 0.5) is 22.0 Å². The van der Waals surface area contributed by atoms with Crippen LogP contribution in [-0.4, -0.2) is 5.97 Å². The second-order valence-corrected chi connectivity index (χ2v) is 6.42. The molecule has 0 aliphatic heterocycles. The summed E-state index contributed by atoms with van der Waals surface area (Å²) < 4.78 is 72.3. The lowest BCUT2D eigenvalue weighted by atomic mass is 10.1. The number of esters is 1. The minimum atomic E-state index is -1.63. The molecule has 3 nitrogen and oxygen atoms in total. The first-order valence-electron chi connectivity index (χ1n) is 7.29. The van der Waals surface area contributed by atoms with Crippen molar-refractivity contribution in [1.29, 1.82) is 5.26 Å². The summed E-state index contributed by atoms with van der Waals surface area (Å²) >= 11 is 0. The van der Waals surface area contributed by atoms with Crippen LogP contribution in [0.15, 0.2) is 11.9 Å². The van der Waals surface area contributed by atoms with Gasteiger partial charge in [0.05, 0.1) is 11.5 Å². The highest BCUT2D eigenvalue weighted by Gasteiger charge is 2.61. The lowest BCUT2D eigenvalue weighted by molar-refractivity contribution is -0.147. The molecule has 0 spiro atoms. The van der Waals surface area contributed by atoms with Crippen molar-refractivity contribution in [2.45, 2.75) is 27.4 Å². The van der Waals surface area contributed by atoms with Crippen molar-refractivity contribution in [3.8, 4) is 6.07 Å². The molecule has 2 atom stereocenters. The standard InChI is InChI=1S/C17H14F5NO2/c1-7-12(19)14(21)9(15(22)13(7)20)6-25-16(24)11-10(17(11,2)3)4-8(18)5-23/h4,10-11H,6H2,1-3H3/b8-4-/t10-,11-/m0/s1. The van der Waals surface area contributed by atoms with Gasteiger partial charge in [-0.05, 0) is 18.4 Å². The molecule has 0 amide bonds. The van der Waals surface area contributed by atoms with Gasteiger partial charge in [0.1, 0.15) is 12.7 Å². The van der Waals surface area contributed by atoms with Crippen molar-refractivity contribution < 1.29 is 31.5 Å². The molecule has 1 fully saturated rings. The van der Waals surface area contributed by atoms with Gasteiger partial charge in [-0.2, -0.15) is 9.65 Å². The summed E-state index contributed by atoms with van der Waals surface area (Å²) in [4.78, 5) is 12.0. The van der Waals surface area contributed by atoms with Crippen molar-refractivity contribution in [3.05, 3.63) is 46.3 Å². The molecule has 0 aromatic heterocycles. The second kappa shape index (κ2) is 6.47. The molecule has 1 aromatic carbocycles. The maximum Gasteiger partial charge on any atom is 0.310 e. The zero-order valence-corrected chi connectivity index (χ0v) is 13.6. The summed E-state index contributed by atoms with van der Waals surface area (Å²) in [5.74, 6) is -9.82. The first-order chi connectivity index (χ1) is 11.5. The molecular formula is C17H14F5NO2. The van der Waals surface area contributed by atoms with E-state index in [1.807, 2.05) is 0 Å². The molecule has 1 aliphatic carbocycles. The van der Waals surface area contributed by atoms with Crippen LogP contribution >= 0.6 is 0 Å². The minimum Gasteiger partial charge on any atom is -0.460 e. The molecule has 0 radical (unpaired) electrons. The summed E-state index contributed by atoms with van der Waals surface area (Å²) in [6.07, 6.45) is 0.971. The maximum atomic E-state index is 13.7. The smallest absolute Gasteiger partial charge is 0.310 e. The predicted octanol–water partition coefficient (Wildman–Crippen LogP) is 4.24. The molecule has 0 bridgehead atoms. The summed E-state index contributed by atoms with van der Waals surface area (Å²) in [5, 5.41) is 8.43. The number of allylic oxidation sites excluding steroid dienone is 2. The van der Waals surface area contributed by atoms with Crippen LogP contribution in [0.2, 0.25) is 0 Å². The SMILES string of the molecule is Cc1c(F)c(F)c(COC(=O)[C@@H]2[C@H](/C=C(\F)C#N)C2(C)C)c(F)c1F. The Bertz CT molecular complexity index is 781. The van der Waals surface area contributed by atoms with Gasteiger partial charge in [0.15, 0.2) is 29.1 Å². The Morgan fingerprint density at radius 3 is 2.20 bits per heavy atom. The quantitative estimate of drug-likeness (QED) is 0.350. The largest absolute Gasteiger partial charge is 0.460 e.